The average Bonchev–Trinajstić information content (AvgIpc) is 2.34. The van der Waals surface area contributed by atoms with Gasteiger partial charge in [0.2, 0.25) is 0 Å². The first-order chi connectivity index (χ1) is 8.56. The van der Waals surface area contributed by atoms with E-state index in [9.17, 15) is 0 Å². The Kier molecular flexibility index (Phi) is 4.05. The maximum atomic E-state index is 6.25. The summed E-state index contributed by atoms with van der Waals surface area (Å²) in [4.78, 5) is 0. The SMILES string of the molecule is Cc1ccc(C)c(CC(N)c2ccc(Cl)cc2)c1. The van der Waals surface area contributed by atoms with E-state index in [2.05, 4.69) is 32.0 Å². The fourth-order valence-electron chi connectivity index (χ4n) is 2.08. The molecule has 0 heterocycles. The molecule has 1 atom stereocenters. The summed E-state index contributed by atoms with van der Waals surface area (Å²) in [7, 11) is 0. The predicted octanol–water partition coefficient (Wildman–Crippen LogP) is 4.20. The maximum Gasteiger partial charge on any atom is 0.0406 e. The lowest BCUT2D eigenvalue weighted by Crippen LogP contribution is -2.14. The Labute approximate surface area is 114 Å². The second-order valence-corrected chi connectivity index (χ2v) is 5.23. The number of aryl methyl sites for hydroxylation is 2. The highest BCUT2D eigenvalue weighted by molar-refractivity contribution is 6.30. The summed E-state index contributed by atoms with van der Waals surface area (Å²) in [6.07, 6.45) is 0.856. The summed E-state index contributed by atoms with van der Waals surface area (Å²) in [5, 5.41) is 0.748. The maximum absolute atomic E-state index is 6.25. The van der Waals surface area contributed by atoms with Crippen LogP contribution < -0.4 is 5.73 Å². The van der Waals surface area contributed by atoms with Crippen molar-refractivity contribution in [1.82, 2.24) is 0 Å². The quantitative estimate of drug-likeness (QED) is 0.878. The third-order valence-electron chi connectivity index (χ3n) is 3.24. The van der Waals surface area contributed by atoms with Crippen LogP contribution in [0.2, 0.25) is 5.02 Å². The van der Waals surface area contributed by atoms with Gasteiger partial charge in [-0.3, -0.25) is 0 Å². The molecule has 0 bridgehead atoms. The van der Waals surface area contributed by atoms with Crippen molar-refractivity contribution in [2.24, 2.45) is 5.73 Å². The van der Waals surface area contributed by atoms with Crippen LogP contribution in [0.15, 0.2) is 42.5 Å². The summed E-state index contributed by atoms with van der Waals surface area (Å²) in [5.41, 5.74) is 11.3. The van der Waals surface area contributed by atoms with Crippen LogP contribution in [0.4, 0.5) is 0 Å². The van der Waals surface area contributed by atoms with E-state index < -0.39 is 0 Å². The molecular formula is C16H18ClN. The van der Waals surface area contributed by atoms with Crippen LogP contribution in [0, 0.1) is 13.8 Å². The smallest absolute Gasteiger partial charge is 0.0406 e. The van der Waals surface area contributed by atoms with Gasteiger partial charge in [0, 0.05) is 11.1 Å². The largest absolute Gasteiger partial charge is 0.324 e. The fraction of sp³-hybridized carbons (Fsp3) is 0.250. The molecule has 2 rings (SSSR count). The minimum atomic E-state index is 0.0165. The van der Waals surface area contributed by atoms with Crippen LogP contribution in [0.3, 0.4) is 0 Å². The van der Waals surface area contributed by atoms with Gasteiger partial charge in [-0.25, -0.2) is 0 Å². The topological polar surface area (TPSA) is 26.0 Å². The predicted molar refractivity (Wildman–Crippen MR) is 78.0 cm³/mol. The molecule has 1 nitrogen and oxygen atoms in total. The van der Waals surface area contributed by atoms with Gasteiger partial charge in [0.1, 0.15) is 0 Å². The van der Waals surface area contributed by atoms with Crippen molar-refractivity contribution in [1.29, 1.82) is 0 Å². The minimum absolute atomic E-state index is 0.0165. The molecule has 0 saturated carbocycles. The molecule has 0 aliphatic heterocycles. The molecule has 2 aromatic rings. The van der Waals surface area contributed by atoms with Gasteiger partial charge in [-0.1, -0.05) is 47.5 Å². The van der Waals surface area contributed by atoms with E-state index in [1.54, 1.807) is 0 Å². The molecule has 0 aromatic heterocycles. The molecule has 0 amide bonds. The van der Waals surface area contributed by atoms with E-state index in [1.165, 1.54) is 16.7 Å². The lowest BCUT2D eigenvalue weighted by Gasteiger charge is -2.14. The normalized spacial score (nSPS) is 12.4. The van der Waals surface area contributed by atoms with Gasteiger partial charge in [-0.2, -0.15) is 0 Å². The Hall–Kier alpha value is -1.31. The van der Waals surface area contributed by atoms with Crippen LogP contribution in [-0.2, 0) is 6.42 Å². The third kappa shape index (κ3) is 3.12. The van der Waals surface area contributed by atoms with Crippen LogP contribution in [0.1, 0.15) is 28.3 Å². The highest BCUT2D eigenvalue weighted by Crippen LogP contribution is 2.21. The van der Waals surface area contributed by atoms with E-state index >= 15 is 0 Å². The monoisotopic (exact) mass is 259 g/mol. The van der Waals surface area contributed by atoms with Crippen molar-refractivity contribution in [2.75, 3.05) is 0 Å². The highest BCUT2D eigenvalue weighted by atomic mass is 35.5. The number of hydrogen-bond acceptors (Lipinski definition) is 1. The zero-order valence-corrected chi connectivity index (χ0v) is 11.5. The molecule has 2 heteroatoms. The van der Waals surface area contributed by atoms with Gasteiger partial charge in [0.25, 0.3) is 0 Å². The molecule has 0 aliphatic rings. The highest BCUT2D eigenvalue weighted by Gasteiger charge is 2.09. The Bertz CT molecular complexity index is 531. The molecule has 0 saturated heterocycles. The molecule has 18 heavy (non-hydrogen) atoms. The molecule has 0 radical (unpaired) electrons. The number of nitrogens with two attached hydrogens (primary N) is 1. The number of benzene rings is 2. The van der Waals surface area contributed by atoms with Gasteiger partial charge in [0.15, 0.2) is 0 Å². The second kappa shape index (κ2) is 5.55. The molecule has 2 aromatic carbocycles. The third-order valence-corrected chi connectivity index (χ3v) is 3.49. The van der Waals surface area contributed by atoms with E-state index in [1.807, 2.05) is 24.3 Å². The van der Waals surface area contributed by atoms with E-state index in [4.69, 9.17) is 17.3 Å². The Morgan fingerprint density at radius 2 is 1.72 bits per heavy atom. The molecule has 1 unspecified atom stereocenters. The molecule has 94 valence electrons. The van der Waals surface area contributed by atoms with Crippen molar-refractivity contribution in [3.8, 4) is 0 Å². The summed E-state index contributed by atoms with van der Waals surface area (Å²) in [5.74, 6) is 0. The summed E-state index contributed by atoms with van der Waals surface area (Å²) < 4.78 is 0. The average molecular weight is 260 g/mol. The van der Waals surface area contributed by atoms with E-state index in [0.717, 1.165) is 17.0 Å². The van der Waals surface area contributed by atoms with Gasteiger partial charge in [0.05, 0.1) is 0 Å². The minimum Gasteiger partial charge on any atom is -0.324 e. The van der Waals surface area contributed by atoms with Crippen molar-refractivity contribution >= 4 is 11.6 Å². The lowest BCUT2D eigenvalue weighted by atomic mass is 9.95. The number of rotatable bonds is 3. The zero-order valence-electron chi connectivity index (χ0n) is 10.8. The Morgan fingerprint density at radius 3 is 2.39 bits per heavy atom. The summed E-state index contributed by atoms with van der Waals surface area (Å²) in [6.45, 7) is 4.24. The molecule has 0 spiro atoms. The van der Waals surface area contributed by atoms with E-state index in [-0.39, 0.29) is 6.04 Å². The zero-order chi connectivity index (χ0) is 13.1. The second-order valence-electron chi connectivity index (χ2n) is 4.79. The summed E-state index contributed by atoms with van der Waals surface area (Å²) >= 11 is 5.88. The number of hydrogen-bond donors (Lipinski definition) is 1. The Balaban J connectivity index is 2.18. The first-order valence-electron chi connectivity index (χ1n) is 6.13. The Morgan fingerprint density at radius 1 is 1.06 bits per heavy atom. The molecule has 0 fully saturated rings. The fourth-order valence-corrected chi connectivity index (χ4v) is 2.21. The van der Waals surface area contributed by atoms with Crippen LogP contribution in [0.25, 0.3) is 0 Å². The first-order valence-corrected chi connectivity index (χ1v) is 6.51. The lowest BCUT2D eigenvalue weighted by molar-refractivity contribution is 0.718. The summed E-state index contributed by atoms with van der Waals surface area (Å²) in [6, 6.07) is 14.3. The van der Waals surface area contributed by atoms with Gasteiger partial charge in [-0.05, 0) is 49.1 Å². The standard InChI is InChI=1S/C16H18ClN/c1-11-3-4-12(2)14(9-11)10-16(18)13-5-7-15(17)8-6-13/h3-9,16H,10,18H2,1-2H3. The van der Waals surface area contributed by atoms with Crippen molar-refractivity contribution in [3.05, 3.63) is 69.7 Å². The van der Waals surface area contributed by atoms with Gasteiger partial charge < -0.3 is 5.73 Å². The molecular weight excluding hydrogens is 242 g/mol. The molecule has 2 N–H and O–H groups in total. The van der Waals surface area contributed by atoms with Crippen LogP contribution in [0.5, 0.6) is 0 Å². The van der Waals surface area contributed by atoms with Gasteiger partial charge in [-0.15, -0.1) is 0 Å². The van der Waals surface area contributed by atoms with Crippen molar-refractivity contribution in [2.45, 2.75) is 26.3 Å². The number of halogens is 1. The van der Waals surface area contributed by atoms with Crippen molar-refractivity contribution < 1.29 is 0 Å². The molecule has 0 aliphatic carbocycles. The first kappa shape index (κ1) is 13.1. The van der Waals surface area contributed by atoms with E-state index in [0.29, 0.717) is 0 Å². The van der Waals surface area contributed by atoms with Crippen LogP contribution >= 0.6 is 11.6 Å². The van der Waals surface area contributed by atoms with Gasteiger partial charge >= 0.3 is 0 Å². The van der Waals surface area contributed by atoms with Crippen LogP contribution in [-0.4, -0.2) is 0 Å². The van der Waals surface area contributed by atoms with Crippen molar-refractivity contribution in [3.63, 3.8) is 0 Å².